The highest BCUT2D eigenvalue weighted by Gasteiger charge is 2.53. The van der Waals surface area contributed by atoms with Crippen LogP contribution in [0.4, 0.5) is 0 Å². The Balaban J connectivity index is 2.00. The maximum Gasteiger partial charge on any atom is 0.472 e. The lowest BCUT2D eigenvalue weighted by Crippen LogP contribution is -2.41. The zero-order chi connectivity index (χ0) is 15.5. The summed E-state index contributed by atoms with van der Waals surface area (Å²) in [5.74, 6) is -0.317. The smallest absolute Gasteiger partial charge is 0.403 e. The van der Waals surface area contributed by atoms with Crippen molar-refractivity contribution in [3.05, 3.63) is 24.3 Å². The number of hydrogen-bond acceptors (Lipinski definition) is 6. The van der Waals surface area contributed by atoms with Gasteiger partial charge in [-0.25, -0.2) is 0 Å². The van der Waals surface area contributed by atoms with Gasteiger partial charge in [0.1, 0.15) is 0 Å². The van der Waals surface area contributed by atoms with E-state index < -0.39 is 18.3 Å². The largest absolute Gasteiger partial charge is 0.472 e. The second kappa shape index (κ2) is 6.03. The molecule has 1 fully saturated rings. The van der Waals surface area contributed by atoms with Gasteiger partial charge in [0.15, 0.2) is 0 Å². The van der Waals surface area contributed by atoms with Crippen LogP contribution >= 0.6 is 0 Å². The summed E-state index contributed by atoms with van der Waals surface area (Å²) in [5, 5.41) is 7.56. The molecule has 0 spiro atoms. The van der Waals surface area contributed by atoms with E-state index >= 15 is 0 Å². The molecule has 0 saturated carbocycles. The minimum atomic E-state index is -0.488. The van der Waals surface area contributed by atoms with E-state index in [2.05, 4.69) is 15.0 Å². The van der Waals surface area contributed by atoms with Crippen LogP contribution in [0.15, 0.2) is 23.6 Å². The van der Waals surface area contributed by atoms with E-state index in [0.717, 1.165) is 5.69 Å². The zero-order valence-corrected chi connectivity index (χ0v) is 12.9. The van der Waals surface area contributed by atoms with Crippen LogP contribution in [-0.4, -0.2) is 40.7 Å². The van der Waals surface area contributed by atoms with Gasteiger partial charge in [0.2, 0.25) is 0 Å². The molecule has 0 aromatic carbocycles. The van der Waals surface area contributed by atoms with Crippen LogP contribution in [0.2, 0.25) is 5.82 Å². The fourth-order valence-electron chi connectivity index (χ4n) is 1.92. The third-order valence-electron chi connectivity index (χ3n) is 3.93. The fraction of sp³-hybridized carbons (Fsp3) is 0.571. The van der Waals surface area contributed by atoms with Crippen molar-refractivity contribution >= 4 is 19.5 Å². The molecule has 1 saturated heterocycles. The molecule has 0 bridgehead atoms. The standard InChI is InChI=1S/C14H21BN4O2/c1-13(2)14(3,4)21-15(20-13)11(7-16)8-18-10-12-9-17-5-6-19-12/h5-9,11,16H,10H2,1-4H3. The molecule has 0 amide bonds. The molecule has 1 N–H and O–H groups in total. The van der Waals surface area contributed by atoms with Crippen LogP contribution < -0.4 is 0 Å². The van der Waals surface area contributed by atoms with Crippen molar-refractivity contribution in [3.63, 3.8) is 0 Å². The molecule has 112 valence electrons. The molecular weight excluding hydrogens is 267 g/mol. The lowest BCUT2D eigenvalue weighted by atomic mass is 9.73. The molecule has 2 rings (SSSR count). The second-order valence-electron chi connectivity index (χ2n) is 6.06. The van der Waals surface area contributed by atoms with Crippen LogP contribution in [0.25, 0.3) is 0 Å². The maximum absolute atomic E-state index is 7.56. The van der Waals surface area contributed by atoms with Gasteiger partial charge in [-0.05, 0) is 27.7 Å². The summed E-state index contributed by atoms with van der Waals surface area (Å²) in [5.41, 5.74) is -0.0265. The molecule has 1 aromatic heterocycles. The number of aliphatic imine (C=N–C) groups is 1. The van der Waals surface area contributed by atoms with Crippen LogP contribution in [0.5, 0.6) is 0 Å². The van der Waals surface area contributed by atoms with Gasteiger partial charge in [-0.15, -0.1) is 0 Å². The Hall–Kier alpha value is -1.60. The van der Waals surface area contributed by atoms with E-state index in [1.54, 1.807) is 24.8 Å². The van der Waals surface area contributed by atoms with Gasteiger partial charge in [0, 0.05) is 24.8 Å². The van der Waals surface area contributed by atoms with Crippen molar-refractivity contribution < 1.29 is 9.31 Å². The lowest BCUT2D eigenvalue weighted by Gasteiger charge is -2.32. The summed E-state index contributed by atoms with van der Waals surface area (Å²) >= 11 is 0. The Morgan fingerprint density at radius 3 is 2.48 bits per heavy atom. The number of rotatable bonds is 5. The Bertz CT molecular complexity index is 503. The van der Waals surface area contributed by atoms with Crippen molar-refractivity contribution in [2.45, 2.75) is 51.3 Å². The lowest BCUT2D eigenvalue weighted by molar-refractivity contribution is 0.00578. The fourth-order valence-corrected chi connectivity index (χ4v) is 1.92. The zero-order valence-electron chi connectivity index (χ0n) is 12.9. The Kier molecular flexibility index (Phi) is 4.53. The van der Waals surface area contributed by atoms with Gasteiger partial charge >= 0.3 is 7.12 Å². The SMILES string of the molecule is CC1(C)OB(C(C=N)C=NCc2cnccn2)OC1(C)C. The molecule has 1 unspecified atom stereocenters. The molecule has 1 atom stereocenters. The second-order valence-corrected chi connectivity index (χ2v) is 6.06. The molecule has 0 aliphatic carbocycles. The molecule has 21 heavy (non-hydrogen) atoms. The molecule has 7 heteroatoms. The van der Waals surface area contributed by atoms with Crippen molar-refractivity contribution in [2.75, 3.05) is 0 Å². The first kappa shape index (κ1) is 15.8. The number of nitrogens with one attached hydrogen (secondary N) is 1. The predicted octanol–water partition coefficient (Wildman–Crippen LogP) is 2.16. The maximum atomic E-state index is 7.56. The summed E-state index contributed by atoms with van der Waals surface area (Å²) in [7, 11) is -0.488. The summed E-state index contributed by atoms with van der Waals surface area (Å²) in [6, 6.07) is 0. The highest BCUT2D eigenvalue weighted by Crippen LogP contribution is 2.39. The minimum Gasteiger partial charge on any atom is -0.403 e. The molecule has 0 radical (unpaired) electrons. The molecule has 1 aliphatic rings. The first-order valence-electron chi connectivity index (χ1n) is 6.97. The van der Waals surface area contributed by atoms with E-state index in [9.17, 15) is 0 Å². The highest BCUT2D eigenvalue weighted by molar-refractivity contribution is 6.56. The van der Waals surface area contributed by atoms with Crippen molar-refractivity contribution in [1.82, 2.24) is 9.97 Å². The average molecular weight is 288 g/mol. The van der Waals surface area contributed by atoms with Crippen LogP contribution in [0, 0.1) is 5.41 Å². The van der Waals surface area contributed by atoms with Gasteiger partial charge in [-0.1, -0.05) is 0 Å². The Labute approximate surface area is 125 Å². The molecule has 6 nitrogen and oxygen atoms in total. The average Bonchev–Trinajstić information content (AvgIpc) is 2.64. The van der Waals surface area contributed by atoms with Crippen molar-refractivity contribution in [2.24, 2.45) is 4.99 Å². The highest BCUT2D eigenvalue weighted by atomic mass is 16.7. The van der Waals surface area contributed by atoms with Gasteiger partial charge < -0.3 is 14.7 Å². The molecular formula is C14H21BN4O2. The van der Waals surface area contributed by atoms with Gasteiger partial charge in [0.25, 0.3) is 0 Å². The van der Waals surface area contributed by atoms with Gasteiger partial charge in [-0.2, -0.15) is 0 Å². The van der Waals surface area contributed by atoms with Crippen molar-refractivity contribution in [3.8, 4) is 0 Å². The first-order valence-corrected chi connectivity index (χ1v) is 6.97. The van der Waals surface area contributed by atoms with Gasteiger partial charge in [0.05, 0.1) is 35.5 Å². The quantitative estimate of drug-likeness (QED) is 0.665. The van der Waals surface area contributed by atoms with E-state index in [4.69, 9.17) is 14.7 Å². The number of nitrogens with zero attached hydrogens (tertiary/aromatic N) is 3. The van der Waals surface area contributed by atoms with E-state index in [1.165, 1.54) is 6.21 Å². The minimum absolute atomic E-state index is 0.317. The monoisotopic (exact) mass is 288 g/mol. The first-order chi connectivity index (χ1) is 9.86. The third kappa shape index (κ3) is 3.54. The number of hydrogen-bond donors (Lipinski definition) is 1. The van der Waals surface area contributed by atoms with Crippen molar-refractivity contribution in [1.29, 1.82) is 5.41 Å². The normalized spacial score (nSPS) is 21.6. The van der Waals surface area contributed by atoms with Crippen LogP contribution in [0.3, 0.4) is 0 Å². The molecule has 1 aliphatic heterocycles. The Morgan fingerprint density at radius 2 is 1.95 bits per heavy atom. The van der Waals surface area contributed by atoms with E-state index in [1.807, 2.05) is 27.7 Å². The van der Waals surface area contributed by atoms with E-state index in [0.29, 0.717) is 6.54 Å². The number of aromatic nitrogens is 2. The molecule has 2 heterocycles. The summed E-state index contributed by atoms with van der Waals surface area (Å²) in [6.45, 7) is 8.39. The topological polar surface area (TPSA) is 80.5 Å². The van der Waals surface area contributed by atoms with E-state index in [-0.39, 0.29) is 5.82 Å². The van der Waals surface area contributed by atoms with Crippen LogP contribution in [0.1, 0.15) is 33.4 Å². The van der Waals surface area contributed by atoms with Crippen LogP contribution in [-0.2, 0) is 15.9 Å². The summed E-state index contributed by atoms with van der Waals surface area (Å²) in [6.07, 6.45) is 7.91. The summed E-state index contributed by atoms with van der Waals surface area (Å²) < 4.78 is 11.9. The Morgan fingerprint density at radius 1 is 1.29 bits per heavy atom. The third-order valence-corrected chi connectivity index (χ3v) is 3.93. The van der Waals surface area contributed by atoms with Gasteiger partial charge in [-0.3, -0.25) is 15.0 Å². The molecule has 1 aromatic rings. The predicted molar refractivity (Wildman–Crippen MR) is 82.8 cm³/mol. The summed E-state index contributed by atoms with van der Waals surface area (Å²) in [4.78, 5) is 12.5.